The van der Waals surface area contributed by atoms with Crippen molar-refractivity contribution in [3.63, 3.8) is 0 Å². The fourth-order valence-electron chi connectivity index (χ4n) is 1.72. The summed E-state index contributed by atoms with van der Waals surface area (Å²) >= 11 is 0. The van der Waals surface area contributed by atoms with Crippen LogP contribution in [0.3, 0.4) is 0 Å². The second-order valence-corrected chi connectivity index (χ2v) is 4.50. The highest BCUT2D eigenvalue weighted by molar-refractivity contribution is 4.90. The first-order chi connectivity index (χ1) is 7.06. The fourth-order valence-corrected chi connectivity index (χ4v) is 1.72. The van der Waals surface area contributed by atoms with Crippen molar-refractivity contribution in [2.24, 2.45) is 18.9 Å². The van der Waals surface area contributed by atoms with E-state index in [2.05, 4.69) is 36.2 Å². The Balaban J connectivity index is 2.65. The first kappa shape index (κ1) is 12.2. The van der Waals surface area contributed by atoms with Gasteiger partial charge in [0, 0.05) is 19.5 Å². The van der Waals surface area contributed by atoms with E-state index in [4.69, 9.17) is 0 Å². The van der Waals surface area contributed by atoms with Crippen LogP contribution in [0.25, 0.3) is 0 Å². The lowest BCUT2D eigenvalue weighted by atomic mass is 9.88. The molecule has 0 saturated carbocycles. The molecule has 15 heavy (non-hydrogen) atoms. The predicted octanol–water partition coefficient (Wildman–Crippen LogP) is 1.24. The number of hydrogen-bond acceptors (Lipinski definition) is 3. The van der Waals surface area contributed by atoms with Crippen LogP contribution in [0.5, 0.6) is 0 Å². The lowest BCUT2D eigenvalue weighted by Crippen LogP contribution is -2.37. The van der Waals surface area contributed by atoms with Gasteiger partial charge in [0.2, 0.25) is 0 Å². The van der Waals surface area contributed by atoms with Crippen molar-refractivity contribution in [2.45, 2.75) is 33.2 Å². The lowest BCUT2D eigenvalue weighted by molar-refractivity contribution is 0.304. The summed E-state index contributed by atoms with van der Waals surface area (Å²) in [6.07, 6.45) is 2.55. The summed E-state index contributed by atoms with van der Waals surface area (Å²) in [5.41, 5.74) is 0. The van der Waals surface area contributed by atoms with Gasteiger partial charge in [-0.25, -0.2) is 4.98 Å². The zero-order valence-corrected chi connectivity index (χ0v) is 10.4. The summed E-state index contributed by atoms with van der Waals surface area (Å²) < 4.78 is 1.84. The van der Waals surface area contributed by atoms with E-state index < -0.39 is 0 Å². The van der Waals surface area contributed by atoms with Crippen molar-refractivity contribution in [1.82, 2.24) is 20.1 Å². The Hall–Kier alpha value is -0.900. The molecule has 0 amide bonds. The van der Waals surface area contributed by atoms with Gasteiger partial charge in [-0.05, 0) is 18.9 Å². The van der Waals surface area contributed by atoms with Crippen LogP contribution in [0.4, 0.5) is 0 Å². The summed E-state index contributed by atoms with van der Waals surface area (Å²) in [7, 11) is 3.95. The highest BCUT2D eigenvalue weighted by Crippen LogP contribution is 2.16. The molecule has 0 aromatic carbocycles. The van der Waals surface area contributed by atoms with Crippen LogP contribution in [0.1, 0.15) is 26.6 Å². The number of rotatable bonds is 5. The van der Waals surface area contributed by atoms with Crippen LogP contribution >= 0.6 is 0 Å². The largest absolute Gasteiger partial charge is 0.316 e. The van der Waals surface area contributed by atoms with Gasteiger partial charge in [0.1, 0.15) is 12.2 Å². The molecule has 1 heterocycles. The molecule has 0 aliphatic heterocycles. The van der Waals surface area contributed by atoms with Crippen molar-refractivity contribution >= 4 is 0 Å². The molecule has 1 rings (SSSR count). The molecule has 4 nitrogen and oxygen atoms in total. The predicted molar refractivity (Wildman–Crippen MR) is 61.6 cm³/mol. The molecule has 2 unspecified atom stereocenters. The molecule has 4 heteroatoms. The van der Waals surface area contributed by atoms with Gasteiger partial charge >= 0.3 is 0 Å². The van der Waals surface area contributed by atoms with Gasteiger partial charge in [-0.2, -0.15) is 5.10 Å². The number of nitrogens with one attached hydrogen (secondary N) is 1. The van der Waals surface area contributed by atoms with Crippen LogP contribution in [0.2, 0.25) is 0 Å². The van der Waals surface area contributed by atoms with Gasteiger partial charge in [0.25, 0.3) is 0 Å². The normalized spacial score (nSPS) is 15.6. The first-order valence-corrected chi connectivity index (χ1v) is 5.56. The first-order valence-electron chi connectivity index (χ1n) is 5.56. The van der Waals surface area contributed by atoms with Gasteiger partial charge in [-0.15, -0.1) is 0 Å². The van der Waals surface area contributed by atoms with Crippen LogP contribution in [0.15, 0.2) is 6.33 Å². The average molecular weight is 210 g/mol. The van der Waals surface area contributed by atoms with Crippen LogP contribution in [0, 0.1) is 11.8 Å². The molecule has 86 valence electrons. The summed E-state index contributed by atoms with van der Waals surface area (Å²) in [4.78, 5) is 4.26. The minimum atomic E-state index is 0.466. The van der Waals surface area contributed by atoms with Gasteiger partial charge in [-0.1, -0.05) is 20.8 Å². The summed E-state index contributed by atoms with van der Waals surface area (Å²) in [6.45, 7) is 6.79. The third-order valence-corrected chi connectivity index (χ3v) is 3.26. The van der Waals surface area contributed by atoms with E-state index in [9.17, 15) is 0 Å². The second-order valence-electron chi connectivity index (χ2n) is 4.50. The Labute approximate surface area is 92.1 Å². The van der Waals surface area contributed by atoms with E-state index in [1.54, 1.807) is 6.33 Å². The molecule has 0 fully saturated rings. The van der Waals surface area contributed by atoms with Gasteiger partial charge in [-0.3, -0.25) is 4.68 Å². The molecule has 1 N–H and O–H groups in total. The number of aromatic nitrogens is 3. The van der Waals surface area contributed by atoms with Crippen molar-refractivity contribution < 1.29 is 0 Å². The van der Waals surface area contributed by atoms with Crippen molar-refractivity contribution in [3.8, 4) is 0 Å². The highest BCUT2D eigenvalue weighted by Gasteiger charge is 2.20. The molecule has 0 aliphatic rings. The summed E-state index contributed by atoms with van der Waals surface area (Å²) in [6, 6.07) is 0.466. The summed E-state index contributed by atoms with van der Waals surface area (Å²) in [5, 5.41) is 7.45. The minimum Gasteiger partial charge on any atom is -0.316 e. The molecule has 0 spiro atoms. The number of nitrogens with zero attached hydrogens (tertiary/aromatic N) is 3. The van der Waals surface area contributed by atoms with E-state index in [-0.39, 0.29) is 0 Å². The van der Waals surface area contributed by atoms with Crippen molar-refractivity contribution in [3.05, 3.63) is 12.2 Å². The maximum absolute atomic E-state index is 4.26. The molecule has 1 aromatic heterocycles. The molecular weight excluding hydrogens is 188 g/mol. The molecule has 1 aromatic rings. The van der Waals surface area contributed by atoms with E-state index in [0.29, 0.717) is 17.9 Å². The minimum absolute atomic E-state index is 0.466. The SMILES string of the molecule is CNC(Cc1ncnn1C)C(C)C(C)C. The molecule has 0 bridgehead atoms. The maximum atomic E-state index is 4.26. The molecule has 2 atom stereocenters. The van der Waals surface area contributed by atoms with Gasteiger partial charge < -0.3 is 5.32 Å². The fraction of sp³-hybridized carbons (Fsp3) is 0.818. The Morgan fingerprint density at radius 3 is 2.47 bits per heavy atom. The van der Waals surface area contributed by atoms with Gasteiger partial charge in [0.15, 0.2) is 0 Å². The van der Waals surface area contributed by atoms with E-state index in [0.717, 1.165) is 12.2 Å². The third kappa shape index (κ3) is 3.02. The zero-order chi connectivity index (χ0) is 11.4. The van der Waals surface area contributed by atoms with Crippen molar-refractivity contribution in [1.29, 1.82) is 0 Å². The highest BCUT2D eigenvalue weighted by atomic mass is 15.3. The van der Waals surface area contributed by atoms with Crippen LogP contribution in [-0.2, 0) is 13.5 Å². The zero-order valence-electron chi connectivity index (χ0n) is 10.4. The third-order valence-electron chi connectivity index (χ3n) is 3.26. The lowest BCUT2D eigenvalue weighted by Gasteiger charge is -2.26. The molecule has 0 aliphatic carbocycles. The van der Waals surface area contributed by atoms with Crippen LogP contribution in [-0.4, -0.2) is 27.9 Å². The number of hydrogen-bond donors (Lipinski definition) is 1. The van der Waals surface area contributed by atoms with Gasteiger partial charge in [0.05, 0.1) is 0 Å². The molecular formula is C11H22N4. The van der Waals surface area contributed by atoms with Crippen LogP contribution < -0.4 is 5.32 Å². The average Bonchev–Trinajstić information content (AvgIpc) is 2.59. The van der Waals surface area contributed by atoms with E-state index >= 15 is 0 Å². The molecule has 0 radical (unpaired) electrons. The number of likely N-dealkylation sites (N-methyl/N-ethyl adjacent to an activating group) is 1. The Morgan fingerprint density at radius 1 is 1.40 bits per heavy atom. The Bertz CT molecular complexity index is 293. The standard InChI is InChI=1S/C11H22N4/c1-8(2)9(3)10(12-4)6-11-13-7-14-15(11)5/h7-10,12H,6H2,1-5H3. The van der Waals surface area contributed by atoms with E-state index in [1.165, 1.54) is 0 Å². The second kappa shape index (κ2) is 5.26. The number of aryl methyl sites for hydroxylation is 1. The van der Waals surface area contributed by atoms with Crippen molar-refractivity contribution in [2.75, 3.05) is 7.05 Å². The summed E-state index contributed by atoms with van der Waals surface area (Å²) in [5.74, 6) is 2.35. The Morgan fingerprint density at radius 2 is 2.07 bits per heavy atom. The smallest absolute Gasteiger partial charge is 0.138 e. The quantitative estimate of drug-likeness (QED) is 0.795. The maximum Gasteiger partial charge on any atom is 0.138 e. The topological polar surface area (TPSA) is 42.7 Å². The monoisotopic (exact) mass is 210 g/mol. The Kier molecular flexibility index (Phi) is 4.27. The van der Waals surface area contributed by atoms with E-state index in [1.807, 2.05) is 18.8 Å². The molecule has 0 saturated heterocycles.